The largest absolute Gasteiger partial charge is 0.493 e. The molecule has 0 spiro atoms. The Kier molecular flexibility index (Phi) is 5.98. The van der Waals surface area contributed by atoms with Crippen LogP contribution in [0.4, 0.5) is 0 Å². The number of nitrogens with zero attached hydrogens (tertiary/aromatic N) is 1. The molecule has 1 fully saturated rings. The molecule has 0 unspecified atom stereocenters. The Morgan fingerprint density at radius 3 is 2.80 bits per heavy atom. The summed E-state index contributed by atoms with van der Waals surface area (Å²) in [7, 11) is 0. The van der Waals surface area contributed by atoms with Crippen molar-refractivity contribution in [2.45, 2.75) is 6.42 Å². The number of ether oxygens (including phenoxy) is 2. The minimum absolute atomic E-state index is 0.311. The van der Waals surface area contributed by atoms with Crippen LogP contribution < -0.4 is 4.74 Å². The van der Waals surface area contributed by atoms with Gasteiger partial charge in [-0.15, -0.1) is 0 Å². The van der Waals surface area contributed by atoms with Crippen LogP contribution in [-0.2, 0) is 4.74 Å². The van der Waals surface area contributed by atoms with Crippen LogP contribution >= 0.6 is 0 Å². The average molecular weight is 279 g/mol. The van der Waals surface area contributed by atoms with Crippen LogP contribution in [0.15, 0.2) is 24.3 Å². The average Bonchev–Trinajstić information content (AvgIpc) is 2.52. The predicted molar refractivity (Wildman–Crippen MR) is 75.2 cm³/mol. The molecule has 0 amide bonds. The van der Waals surface area contributed by atoms with Crippen molar-refractivity contribution in [3.05, 3.63) is 29.8 Å². The second kappa shape index (κ2) is 7.99. The molecule has 0 bridgehead atoms. The van der Waals surface area contributed by atoms with Gasteiger partial charge in [0.25, 0.3) is 0 Å². The van der Waals surface area contributed by atoms with E-state index < -0.39 is 6.61 Å². The normalized spacial score (nSPS) is 16.1. The van der Waals surface area contributed by atoms with Crippen molar-refractivity contribution < 1.29 is 19.4 Å². The van der Waals surface area contributed by atoms with Crippen molar-refractivity contribution in [1.29, 1.82) is 0 Å². The van der Waals surface area contributed by atoms with Gasteiger partial charge in [-0.1, -0.05) is 12.1 Å². The zero-order valence-electron chi connectivity index (χ0n) is 11.6. The zero-order chi connectivity index (χ0) is 14.2. The van der Waals surface area contributed by atoms with E-state index in [9.17, 15) is 4.79 Å². The molecule has 20 heavy (non-hydrogen) atoms. The number of carbonyl (C=O) groups is 1. The van der Waals surface area contributed by atoms with Crippen LogP contribution in [0, 0.1) is 0 Å². The number of ketones is 1. The van der Waals surface area contributed by atoms with Gasteiger partial charge < -0.3 is 14.6 Å². The van der Waals surface area contributed by atoms with E-state index in [0.717, 1.165) is 39.3 Å². The van der Waals surface area contributed by atoms with Crippen LogP contribution in [-0.4, -0.2) is 61.9 Å². The summed E-state index contributed by atoms with van der Waals surface area (Å²) in [6, 6.07) is 7.03. The number of benzene rings is 1. The maximum Gasteiger partial charge on any atom is 0.191 e. The number of aliphatic hydroxyl groups is 1. The molecule has 2 rings (SSSR count). The topological polar surface area (TPSA) is 59.0 Å². The van der Waals surface area contributed by atoms with Crippen LogP contribution in [0.25, 0.3) is 0 Å². The third-order valence-electron chi connectivity index (χ3n) is 3.31. The summed E-state index contributed by atoms with van der Waals surface area (Å²) in [4.78, 5) is 13.9. The minimum Gasteiger partial charge on any atom is -0.493 e. The zero-order valence-corrected chi connectivity index (χ0v) is 11.6. The molecule has 5 nitrogen and oxygen atoms in total. The molecule has 1 saturated heterocycles. The van der Waals surface area contributed by atoms with Crippen LogP contribution in [0.5, 0.6) is 5.75 Å². The van der Waals surface area contributed by atoms with Gasteiger partial charge in [-0.3, -0.25) is 9.69 Å². The molecule has 5 heteroatoms. The van der Waals surface area contributed by atoms with Gasteiger partial charge in [0, 0.05) is 19.6 Å². The van der Waals surface area contributed by atoms with Crippen molar-refractivity contribution >= 4 is 5.78 Å². The van der Waals surface area contributed by atoms with E-state index >= 15 is 0 Å². The highest BCUT2D eigenvalue weighted by molar-refractivity contribution is 5.99. The molecule has 0 aromatic heterocycles. The summed E-state index contributed by atoms with van der Waals surface area (Å²) >= 11 is 0. The van der Waals surface area contributed by atoms with Gasteiger partial charge in [-0.25, -0.2) is 0 Å². The van der Waals surface area contributed by atoms with Crippen LogP contribution in [0.3, 0.4) is 0 Å². The molecule has 110 valence electrons. The number of Topliss-reactive ketones (excluding diaryl/α,β-unsaturated/α-hetero) is 1. The molecule has 0 radical (unpaired) electrons. The van der Waals surface area contributed by atoms with Crippen LogP contribution in [0.1, 0.15) is 16.8 Å². The molecule has 1 aliphatic heterocycles. The summed E-state index contributed by atoms with van der Waals surface area (Å²) < 4.78 is 11.0. The fourth-order valence-corrected chi connectivity index (χ4v) is 2.20. The standard InChI is InChI=1S/C15H21NO4/c17-12-14(18)13-4-1-2-5-15(13)20-9-3-6-16-7-10-19-11-8-16/h1-2,4-5,17H,3,6-12H2. The number of aliphatic hydroxyl groups excluding tert-OH is 1. The lowest BCUT2D eigenvalue weighted by molar-refractivity contribution is 0.0357. The summed E-state index contributed by atoms with van der Waals surface area (Å²) in [6.07, 6.45) is 0.904. The fraction of sp³-hybridized carbons (Fsp3) is 0.533. The summed E-state index contributed by atoms with van der Waals surface area (Å²) in [6.45, 7) is 4.59. The Morgan fingerprint density at radius 2 is 2.05 bits per heavy atom. The monoisotopic (exact) mass is 279 g/mol. The quantitative estimate of drug-likeness (QED) is 0.595. The third kappa shape index (κ3) is 4.30. The SMILES string of the molecule is O=C(CO)c1ccccc1OCCCN1CCOCC1. The number of para-hydroxylation sites is 1. The van der Waals surface area contributed by atoms with Crippen molar-refractivity contribution in [2.24, 2.45) is 0 Å². The van der Waals surface area contributed by atoms with E-state index in [-0.39, 0.29) is 5.78 Å². The lowest BCUT2D eigenvalue weighted by Crippen LogP contribution is -2.37. The molecule has 1 aromatic carbocycles. The highest BCUT2D eigenvalue weighted by Gasteiger charge is 2.12. The van der Waals surface area contributed by atoms with Gasteiger partial charge >= 0.3 is 0 Å². The summed E-state index contributed by atoms with van der Waals surface area (Å²) in [5, 5.41) is 8.93. The van der Waals surface area contributed by atoms with Crippen LogP contribution in [0.2, 0.25) is 0 Å². The van der Waals surface area contributed by atoms with Crippen molar-refractivity contribution in [2.75, 3.05) is 46.1 Å². The number of rotatable bonds is 7. The molecular formula is C15H21NO4. The van der Waals surface area contributed by atoms with Gasteiger partial charge in [0.2, 0.25) is 0 Å². The van der Waals surface area contributed by atoms with Crippen molar-refractivity contribution in [3.63, 3.8) is 0 Å². The molecule has 0 atom stereocenters. The second-order valence-corrected chi connectivity index (χ2v) is 4.73. The molecule has 1 N–H and O–H groups in total. The number of morpholine rings is 1. The first-order valence-corrected chi connectivity index (χ1v) is 6.97. The summed E-state index contributed by atoms with van der Waals surface area (Å²) in [5.74, 6) is 0.238. The number of carbonyl (C=O) groups excluding carboxylic acids is 1. The Labute approximate surface area is 119 Å². The Bertz CT molecular complexity index is 430. The molecule has 1 aromatic rings. The number of hydrogen-bond donors (Lipinski definition) is 1. The van der Waals surface area contributed by atoms with Crippen molar-refractivity contribution in [1.82, 2.24) is 4.90 Å². The molecule has 0 aliphatic carbocycles. The highest BCUT2D eigenvalue weighted by atomic mass is 16.5. The van der Waals surface area contributed by atoms with E-state index in [1.807, 2.05) is 6.07 Å². The Balaban J connectivity index is 1.77. The smallest absolute Gasteiger partial charge is 0.191 e. The van der Waals surface area contributed by atoms with E-state index in [2.05, 4.69) is 4.90 Å². The highest BCUT2D eigenvalue weighted by Crippen LogP contribution is 2.18. The molecular weight excluding hydrogens is 258 g/mol. The lowest BCUT2D eigenvalue weighted by Gasteiger charge is -2.26. The third-order valence-corrected chi connectivity index (χ3v) is 3.31. The van der Waals surface area contributed by atoms with Gasteiger partial charge in [-0.2, -0.15) is 0 Å². The van der Waals surface area contributed by atoms with E-state index in [0.29, 0.717) is 17.9 Å². The maximum absolute atomic E-state index is 11.6. The number of hydrogen-bond acceptors (Lipinski definition) is 5. The van der Waals surface area contributed by atoms with E-state index in [1.54, 1.807) is 18.2 Å². The Hall–Kier alpha value is -1.43. The maximum atomic E-state index is 11.6. The Morgan fingerprint density at radius 1 is 1.30 bits per heavy atom. The predicted octanol–water partition coefficient (Wildman–Crippen LogP) is 0.963. The fourth-order valence-electron chi connectivity index (χ4n) is 2.20. The summed E-state index contributed by atoms with van der Waals surface area (Å²) in [5.41, 5.74) is 0.446. The molecule has 1 aliphatic rings. The van der Waals surface area contributed by atoms with Gasteiger partial charge in [0.1, 0.15) is 12.4 Å². The van der Waals surface area contributed by atoms with Gasteiger partial charge in [0.15, 0.2) is 5.78 Å². The van der Waals surface area contributed by atoms with E-state index in [4.69, 9.17) is 14.6 Å². The van der Waals surface area contributed by atoms with Gasteiger partial charge in [-0.05, 0) is 18.6 Å². The first-order chi connectivity index (χ1) is 9.81. The molecule has 1 heterocycles. The van der Waals surface area contributed by atoms with Crippen molar-refractivity contribution in [3.8, 4) is 5.75 Å². The first kappa shape index (κ1) is 15.0. The molecule has 0 saturated carbocycles. The van der Waals surface area contributed by atoms with Gasteiger partial charge in [0.05, 0.1) is 25.4 Å². The second-order valence-electron chi connectivity index (χ2n) is 4.73. The first-order valence-electron chi connectivity index (χ1n) is 6.97. The minimum atomic E-state index is -0.492. The van der Waals surface area contributed by atoms with E-state index in [1.165, 1.54) is 0 Å². The lowest BCUT2D eigenvalue weighted by atomic mass is 10.1.